The maximum Gasteiger partial charge on any atom is 0.237 e. The molecule has 0 aromatic carbocycles. The zero-order valence-corrected chi connectivity index (χ0v) is 10.8. The molecule has 3 N–H and O–H groups in total. The molecule has 0 aliphatic heterocycles. The normalized spacial score (nSPS) is 21.2. The Balaban J connectivity index is 2.39. The van der Waals surface area contributed by atoms with E-state index < -0.39 is 5.54 Å². The van der Waals surface area contributed by atoms with E-state index in [1.165, 1.54) is 25.7 Å². The number of carbonyl (C=O) groups is 1. The highest BCUT2D eigenvalue weighted by molar-refractivity contribution is 5.84. The zero-order chi connectivity index (χ0) is 12.2. The lowest BCUT2D eigenvalue weighted by Crippen LogP contribution is -2.53. The molecule has 1 aliphatic carbocycles. The molecule has 1 aliphatic rings. The van der Waals surface area contributed by atoms with Crippen LogP contribution in [0.1, 0.15) is 39.0 Å². The Labute approximate surface area is 98.6 Å². The first-order valence-electron chi connectivity index (χ1n) is 6.18. The molecule has 1 unspecified atom stereocenters. The Bertz CT molecular complexity index is 238. The Morgan fingerprint density at radius 1 is 1.50 bits per heavy atom. The van der Waals surface area contributed by atoms with Crippen LogP contribution < -0.4 is 11.1 Å². The summed E-state index contributed by atoms with van der Waals surface area (Å²) in [5.74, 6) is -0.269. The molecule has 0 saturated heterocycles. The predicted molar refractivity (Wildman–Crippen MR) is 66.2 cm³/mol. The first-order valence-corrected chi connectivity index (χ1v) is 6.18. The van der Waals surface area contributed by atoms with Gasteiger partial charge in [0.2, 0.25) is 5.91 Å². The van der Waals surface area contributed by atoms with Gasteiger partial charge in [-0.15, -0.1) is 0 Å². The molecule has 4 heteroatoms. The minimum absolute atomic E-state index is 0.269. The third-order valence-electron chi connectivity index (χ3n) is 4.01. The van der Waals surface area contributed by atoms with Crippen LogP contribution in [-0.2, 0) is 4.79 Å². The van der Waals surface area contributed by atoms with Crippen molar-refractivity contribution in [2.24, 2.45) is 5.73 Å². The fourth-order valence-electron chi connectivity index (χ4n) is 2.30. The van der Waals surface area contributed by atoms with E-state index in [1.807, 2.05) is 6.92 Å². The van der Waals surface area contributed by atoms with Crippen LogP contribution >= 0.6 is 0 Å². The summed E-state index contributed by atoms with van der Waals surface area (Å²) in [6.45, 7) is 2.79. The fourth-order valence-corrected chi connectivity index (χ4v) is 2.30. The van der Waals surface area contributed by atoms with Crippen molar-refractivity contribution < 1.29 is 4.79 Å². The third kappa shape index (κ3) is 3.19. The Hall–Kier alpha value is -0.610. The van der Waals surface area contributed by atoms with E-state index in [0.29, 0.717) is 6.04 Å². The smallest absolute Gasteiger partial charge is 0.237 e. The number of carbonyl (C=O) groups excluding carboxylic acids is 1. The lowest BCUT2D eigenvalue weighted by molar-refractivity contribution is -0.124. The lowest BCUT2D eigenvalue weighted by Gasteiger charge is -2.30. The number of primary amides is 1. The molecule has 4 nitrogen and oxygen atoms in total. The number of likely N-dealkylation sites (N-methyl/N-ethyl adjacent to an activating group) is 1. The van der Waals surface area contributed by atoms with Crippen LogP contribution in [0.3, 0.4) is 0 Å². The maximum absolute atomic E-state index is 11.3. The molecular weight excluding hydrogens is 202 g/mol. The van der Waals surface area contributed by atoms with Gasteiger partial charge in [-0.1, -0.05) is 12.8 Å². The van der Waals surface area contributed by atoms with Crippen molar-refractivity contribution in [3.8, 4) is 0 Å². The quantitative estimate of drug-likeness (QED) is 0.703. The van der Waals surface area contributed by atoms with Gasteiger partial charge in [0.1, 0.15) is 0 Å². The summed E-state index contributed by atoms with van der Waals surface area (Å²) in [5, 5.41) is 3.02. The van der Waals surface area contributed by atoms with Crippen LogP contribution in [0.15, 0.2) is 0 Å². The number of nitrogens with two attached hydrogens (primary N) is 1. The van der Waals surface area contributed by atoms with E-state index in [4.69, 9.17) is 5.73 Å². The number of amides is 1. The molecule has 1 saturated carbocycles. The number of nitrogens with one attached hydrogen (secondary N) is 1. The second kappa shape index (κ2) is 5.64. The van der Waals surface area contributed by atoms with Gasteiger partial charge in [-0.05, 0) is 40.3 Å². The predicted octanol–water partition coefficient (Wildman–Crippen LogP) is 0.714. The highest BCUT2D eigenvalue weighted by atomic mass is 16.1. The van der Waals surface area contributed by atoms with E-state index in [1.54, 1.807) is 7.05 Å². The highest BCUT2D eigenvalue weighted by Crippen LogP contribution is 2.23. The number of hydrogen-bond donors (Lipinski definition) is 2. The van der Waals surface area contributed by atoms with Crippen LogP contribution in [0, 0.1) is 0 Å². The van der Waals surface area contributed by atoms with Gasteiger partial charge >= 0.3 is 0 Å². The first kappa shape index (κ1) is 13.5. The van der Waals surface area contributed by atoms with Crippen molar-refractivity contribution in [3.63, 3.8) is 0 Å². The van der Waals surface area contributed by atoms with Crippen molar-refractivity contribution in [2.75, 3.05) is 20.6 Å². The molecule has 0 bridgehead atoms. The van der Waals surface area contributed by atoms with Gasteiger partial charge in [-0.2, -0.15) is 0 Å². The maximum atomic E-state index is 11.3. The van der Waals surface area contributed by atoms with Crippen molar-refractivity contribution in [3.05, 3.63) is 0 Å². The topological polar surface area (TPSA) is 58.4 Å². The molecule has 1 atom stereocenters. The standard InChI is InChI=1S/C12H25N3O/c1-12(14-2,11(13)16)8-9-15(3)10-6-4-5-7-10/h10,14H,4-9H2,1-3H3,(H2,13,16). The van der Waals surface area contributed by atoms with Crippen LogP contribution in [0.25, 0.3) is 0 Å². The summed E-state index contributed by atoms with van der Waals surface area (Å²) < 4.78 is 0. The average molecular weight is 227 g/mol. The van der Waals surface area contributed by atoms with Crippen LogP contribution in [0.5, 0.6) is 0 Å². The molecule has 94 valence electrons. The Kier molecular flexibility index (Phi) is 4.74. The summed E-state index contributed by atoms with van der Waals surface area (Å²) in [5.41, 5.74) is 4.82. The van der Waals surface area contributed by atoms with Crippen molar-refractivity contribution in [2.45, 2.75) is 50.6 Å². The lowest BCUT2D eigenvalue weighted by atomic mass is 9.96. The summed E-state index contributed by atoms with van der Waals surface area (Å²) in [7, 11) is 3.94. The summed E-state index contributed by atoms with van der Waals surface area (Å²) in [6, 6.07) is 0.703. The van der Waals surface area contributed by atoms with E-state index in [-0.39, 0.29) is 5.91 Å². The van der Waals surface area contributed by atoms with Gasteiger partial charge < -0.3 is 16.0 Å². The van der Waals surface area contributed by atoms with Gasteiger partial charge in [0.15, 0.2) is 0 Å². The van der Waals surface area contributed by atoms with E-state index >= 15 is 0 Å². The molecule has 16 heavy (non-hydrogen) atoms. The molecule has 0 aromatic heterocycles. The Morgan fingerprint density at radius 2 is 2.06 bits per heavy atom. The van der Waals surface area contributed by atoms with Crippen LogP contribution in [0.2, 0.25) is 0 Å². The molecule has 0 heterocycles. The van der Waals surface area contributed by atoms with Gasteiger partial charge in [0.05, 0.1) is 5.54 Å². The molecule has 0 spiro atoms. The molecule has 1 amide bonds. The number of rotatable bonds is 6. The van der Waals surface area contributed by atoms with Gasteiger partial charge in [-0.3, -0.25) is 4.79 Å². The minimum Gasteiger partial charge on any atom is -0.368 e. The van der Waals surface area contributed by atoms with Crippen molar-refractivity contribution >= 4 is 5.91 Å². The van der Waals surface area contributed by atoms with E-state index in [2.05, 4.69) is 17.3 Å². The summed E-state index contributed by atoms with van der Waals surface area (Å²) in [4.78, 5) is 13.7. The molecule has 1 fully saturated rings. The first-order chi connectivity index (χ1) is 7.49. The fraction of sp³-hybridized carbons (Fsp3) is 0.917. The molecule has 0 aromatic rings. The second-order valence-electron chi connectivity index (χ2n) is 5.12. The van der Waals surface area contributed by atoms with E-state index in [9.17, 15) is 4.79 Å². The number of nitrogens with zero attached hydrogens (tertiary/aromatic N) is 1. The number of hydrogen-bond acceptors (Lipinski definition) is 3. The SMILES string of the molecule is CNC(C)(CCN(C)C1CCCC1)C(N)=O. The largest absolute Gasteiger partial charge is 0.368 e. The van der Waals surface area contributed by atoms with Crippen molar-refractivity contribution in [1.29, 1.82) is 0 Å². The van der Waals surface area contributed by atoms with Crippen LogP contribution in [-0.4, -0.2) is 43.0 Å². The monoisotopic (exact) mass is 227 g/mol. The van der Waals surface area contributed by atoms with Crippen LogP contribution in [0.4, 0.5) is 0 Å². The Morgan fingerprint density at radius 3 is 2.50 bits per heavy atom. The molecule has 0 radical (unpaired) electrons. The van der Waals surface area contributed by atoms with E-state index in [0.717, 1.165) is 13.0 Å². The average Bonchev–Trinajstić information content (AvgIpc) is 2.78. The highest BCUT2D eigenvalue weighted by Gasteiger charge is 2.30. The van der Waals surface area contributed by atoms with Gasteiger partial charge in [-0.25, -0.2) is 0 Å². The molecular formula is C12H25N3O. The van der Waals surface area contributed by atoms with Gasteiger partial charge in [0, 0.05) is 12.6 Å². The van der Waals surface area contributed by atoms with Gasteiger partial charge in [0.25, 0.3) is 0 Å². The summed E-state index contributed by atoms with van der Waals surface area (Å²) in [6.07, 6.45) is 6.04. The molecule has 1 rings (SSSR count). The second-order valence-corrected chi connectivity index (χ2v) is 5.12. The summed E-state index contributed by atoms with van der Waals surface area (Å²) >= 11 is 0. The third-order valence-corrected chi connectivity index (χ3v) is 4.01. The van der Waals surface area contributed by atoms with Crippen molar-refractivity contribution in [1.82, 2.24) is 10.2 Å². The zero-order valence-electron chi connectivity index (χ0n) is 10.8. The minimum atomic E-state index is -0.577.